The highest BCUT2D eigenvalue weighted by molar-refractivity contribution is 14.0. The van der Waals surface area contributed by atoms with Crippen LogP contribution in [0.15, 0.2) is 33.9 Å². The van der Waals surface area contributed by atoms with Gasteiger partial charge in [-0.15, -0.1) is 24.0 Å². The lowest BCUT2D eigenvalue weighted by Crippen LogP contribution is -2.39. The summed E-state index contributed by atoms with van der Waals surface area (Å²) >= 11 is 0. The number of halogens is 1. The van der Waals surface area contributed by atoms with Crippen molar-refractivity contribution in [1.29, 1.82) is 0 Å². The molecule has 0 aliphatic rings. The lowest BCUT2D eigenvalue weighted by atomic mass is 10.3. The highest BCUT2D eigenvalue weighted by Crippen LogP contribution is 2.12. The molecule has 0 aliphatic heterocycles. The molecule has 10 heteroatoms. The summed E-state index contributed by atoms with van der Waals surface area (Å²) in [5.74, 6) is 1.78. The third-order valence-corrected chi connectivity index (χ3v) is 3.41. The van der Waals surface area contributed by atoms with E-state index in [1.54, 1.807) is 20.4 Å². The van der Waals surface area contributed by atoms with Gasteiger partial charge in [-0.05, 0) is 18.6 Å². The summed E-state index contributed by atoms with van der Waals surface area (Å²) in [5.41, 5.74) is 0.671. The fraction of sp³-hybridized carbons (Fsp3) is 0.529. The molecule has 150 valence electrons. The first kappa shape index (κ1) is 23.2. The molecule has 0 fully saturated rings. The molecule has 2 N–H and O–H groups in total. The SMILES string of the molecule is CN=C(NCCCOCCOC)NCCc1noc(-c2ccccn2)n1.I. The van der Waals surface area contributed by atoms with Crippen molar-refractivity contribution in [3.8, 4) is 11.6 Å². The van der Waals surface area contributed by atoms with E-state index < -0.39 is 0 Å². The smallest absolute Gasteiger partial charge is 0.276 e. The molecular weight excluding hydrogens is 463 g/mol. The summed E-state index contributed by atoms with van der Waals surface area (Å²) in [5, 5.41) is 10.4. The first-order valence-corrected chi connectivity index (χ1v) is 8.58. The van der Waals surface area contributed by atoms with Crippen LogP contribution in [0.5, 0.6) is 0 Å². The number of aliphatic imine (C=N–C) groups is 1. The third-order valence-electron chi connectivity index (χ3n) is 3.41. The number of nitrogens with one attached hydrogen (secondary N) is 2. The number of nitrogens with zero attached hydrogens (tertiary/aromatic N) is 4. The molecule has 2 aromatic heterocycles. The Morgan fingerprint density at radius 3 is 2.78 bits per heavy atom. The maximum Gasteiger partial charge on any atom is 0.276 e. The second-order valence-electron chi connectivity index (χ2n) is 5.37. The molecule has 0 aliphatic carbocycles. The van der Waals surface area contributed by atoms with Crippen LogP contribution < -0.4 is 10.6 Å². The first-order valence-electron chi connectivity index (χ1n) is 8.58. The third kappa shape index (κ3) is 9.11. The van der Waals surface area contributed by atoms with Crippen LogP contribution >= 0.6 is 24.0 Å². The van der Waals surface area contributed by atoms with Gasteiger partial charge >= 0.3 is 0 Å². The van der Waals surface area contributed by atoms with Crippen molar-refractivity contribution >= 4 is 29.9 Å². The minimum absolute atomic E-state index is 0. The van der Waals surface area contributed by atoms with Crippen molar-refractivity contribution in [3.05, 3.63) is 30.2 Å². The Morgan fingerprint density at radius 1 is 1.19 bits per heavy atom. The van der Waals surface area contributed by atoms with Gasteiger partial charge < -0.3 is 24.6 Å². The van der Waals surface area contributed by atoms with E-state index in [9.17, 15) is 0 Å². The molecule has 0 unspecified atom stereocenters. The summed E-state index contributed by atoms with van der Waals surface area (Å²) in [6.45, 7) is 3.35. The van der Waals surface area contributed by atoms with Gasteiger partial charge in [-0.2, -0.15) is 4.98 Å². The van der Waals surface area contributed by atoms with E-state index in [0.717, 1.165) is 18.9 Å². The van der Waals surface area contributed by atoms with Crippen molar-refractivity contribution in [1.82, 2.24) is 25.8 Å². The molecule has 9 nitrogen and oxygen atoms in total. The molecular formula is C17H27IN6O3. The van der Waals surface area contributed by atoms with Gasteiger partial charge in [0.25, 0.3) is 5.89 Å². The molecule has 0 atom stereocenters. The van der Waals surface area contributed by atoms with Crippen molar-refractivity contribution < 1.29 is 14.0 Å². The van der Waals surface area contributed by atoms with Crippen LogP contribution in [0.2, 0.25) is 0 Å². The summed E-state index contributed by atoms with van der Waals surface area (Å²) in [6.07, 6.45) is 3.21. The molecule has 0 saturated carbocycles. The minimum Gasteiger partial charge on any atom is -0.382 e. The van der Waals surface area contributed by atoms with Gasteiger partial charge in [0.2, 0.25) is 0 Å². The zero-order chi connectivity index (χ0) is 18.5. The number of guanidine groups is 1. The van der Waals surface area contributed by atoms with Gasteiger partial charge in [-0.25, -0.2) is 0 Å². The molecule has 0 spiro atoms. The van der Waals surface area contributed by atoms with E-state index >= 15 is 0 Å². The second kappa shape index (κ2) is 14.3. The van der Waals surface area contributed by atoms with Crippen LogP contribution in [0.4, 0.5) is 0 Å². The number of rotatable bonds is 11. The van der Waals surface area contributed by atoms with E-state index in [-0.39, 0.29) is 24.0 Å². The maximum absolute atomic E-state index is 5.41. The highest BCUT2D eigenvalue weighted by atomic mass is 127. The van der Waals surface area contributed by atoms with Crippen LogP contribution in [0.25, 0.3) is 11.6 Å². The molecule has 2 aromatic rings. The average Bonchev–Trinajstić information content (AvgIpc) is 3.15. The molecule has 2 rings (SSSR count). The number of pyridine rings is 1. The van der Waals surface area contributed by atoms with Crippen LogP contribution in [-0.2, 0) is 15.9 Å². The number of hydrogen-bond acceptors (Lipinski definition) is 7. The minimum atomic E-state index is 0. The van der Waals surface area contributed by atoms with Gasteiger partial charge in [0.05, 0.1) is 13.2 Å². The lowest BCUT2D eigenvalue weighted by molar-refractivity contribution is 0.0698. The average molecular weight is 490 g/mol. The molecule has 0 aromatic carbocycles. The maximum atomic E-state index is 5.41. The monoisotopic (exact) mass is 490 g/mol. The Morgan fingerprint density at radius 2 is 2.04 bits per heavy atom. The zero-order valence-corrected chi connectivity index (χ0v) is 18.0. The Hall–Kier alpha value is -1.79. The Kier molecular flexibility index (Phi) is 12.3. The number of aromatic nitrogens is 3. The molecule has 27 heavy (non-hydrogen) atoms. The first-order chi connectivity index (χ1) is 12.8. The standard InChI is InChI=1S/C17H26N6O3.HI/c1-18-17(20-9-5-11-25-13-12-24-2)21-10-7-15-22-16(26-23-15)14-6-3-4-8-19-14;/h3-4,6,8H,5,7,9-13H2,1-2H3,(H2,18,20,21);1H. The summed E-state index contributed by atoms with van der Waals surface area (Å²) < 4.78 is 15.6. The van der Waals surface area contributed by atoms with E-state index in [0.29, 0.717) is 50.2 Å². The van der Waals surface area contributed by atoms with Crippen molar-refractivity contribution in [3.63, 3.8) is 0 Å². The molecule has 0 saturated heterocycles. The van der Waals surface area contributed by atoms with Gasteiger partial charge in [-0.1, -0.05) is 11.2 Å². The van der Waals surface area contributed by atoms with Gasteiger partial charge in [0.1, 0.15) is 5.69 Å². The fourth-order valence-corrected chi connectivity index (χ4v) is 2.09. The van der Waals surface area contributed by atoms with Gasteiger partial charge in [0, 0.05) is 46.5 Å². The number of ether oxygens (including phenoxy) is 2. The predicted octanol–water partition coefficient (Wildman–Crippen LogP) is 1.51. The molecule has 0 radical (unpaired) electrons. The Bertz CT molecular complexity index is 653. The van der Waals surface area contributed by atoms with Crippen LogP contribution in [0.1, 0.15) is 12.2 Å². The summed E-state index contributed by atoms with van der Waals surface area (Å²) in [7, 11) is 3.40. The highest BCUT2D eigenvalue weighted by Gasteiger charge is 2.09. The van der Waals surface area contributed by atoms with E-state index in [1.807, 2.05) is 18.2 Å². The lowest BCUT2D eigenvalue weighted by Gasteiger charge is -2.11. The van der Waals surface area contributed by atoms with Crippen molar-refractivity contribution in [2.45, 2.75) is 12.8 Å². The number of hydrogen-bond donors (Lipinski definition) is 2. The predicted molar refractivity (Wildman–Crippen MR) is 113 cm³/mol. The Balaban J connectivity index is 0.00000364. The van der Waals surface area contributed by atoms with Gasteiger partial charge in [0.15, 0.2) is 11.8 Å². The van der Waals surface area contributed by atoms with E-state index in [2.05, 4.69) is 30.8 Å². The molecule has 0 bridgehead atoms. The van der Waals surface area contributed by atoms with Crippen LogP contribution in [0, 0.1) is 0 Å². The van der Waals surface area contributed by atoms with E-state index in [4.69, 9.17) is 14.0 Å². The largest absolute Gasteiger partial charge is 0.382 e. The molecule has 2 heterocycles. The van der Waals surface area contributed by atoms with Gasteiger partial charge in [-0.3, -0.25) is 9.98 Å². The quantitative estimate of drug-likeness (QED) is 0.211. The molecule has 0 amide bonds. The summed E-state index contributed by atoms with van der Waals surface area (Å²) in [4.78, 5) is 12.7. The topological polar surface area (TPSA) is 107 Å². The number of methoxy groups -OCH3 is 1. The zero-order valence-electron chi connectivity index (χ0n) is 15.7. The normalized spacial score (nSPS) is 11.1. The van der Waals surface area contributed by atoms with Crippen LogP contribution in [0.3, 0.4) is 0 Å². The van der Waals surface area contributed by atoms with Crippen LogP contribution in [-0.4, -0.2) is 68.2 Å². The second-order valence-corrected chi connectivity index (χ2v) is 5.37. The fourth-order valence-electron chi connectivity index (χ4n) is 2.09. The van der Waals surface area contributed by atoms with E-state index in [1.165, 1.54) is 0 Å². The van der Waals surface area contributed by atoms with Crippen molar-refractivity contribution in [2.24, 2.45) is 4.99 Å². The Labute approximate surface area is 176 Å². The summed E-state index contributed by atoms with van der Waals surface area (Å²) in [6, 6.07) is 5.56. The van der Waals surface area contributed by atoms with Crippen molar-refractivity contribution in [2.75, 3.05) is 47.1 Å².